The van der Waals surface area contributed by atoms with Crippen LogP contribution in [0.4, 0.5) is 10.5 Å². The average Bonchev–Trinajstić information content (AvgIpc) is 2.28. The van der Waals surface area contributed by atoms with Gasteiger partial charge in [0.15, 0.2) is 0 Å². The molecule has 6 heteroatoms. The number of carbonyl (C=O) groups is 2. The number of allylic oxidation sites excluding steroid dienone is 1. The Morgan fingerprint density at radius 2 is 1.84 bits per heavy atom. The summed E-state index contributed by atoms with van der Waals surface area (Å²) >= 11 is 0. The van der Waals surface area contributed by atoms with Gasteiger partial charge in [-0.25, -0.2) is 4.79 Å². The lowest BCUT2D eigenvalue weighted by Crippen LogP contribution is -2.13. The number of hydrogen-bond donors (Lipinski definition) is 4. The van der Waals surface area contributed by atoms with Crippen molar-refractivity contribution in [2.75, 3.05) is 12.4 Å². The molecule has 1 rings (SSSR count). The van der Waals surface area contributed by atoms with Crippen LogP contribution in [0.5, 0.6) is 5.75 Å². The second-order valence-electron chi connectivity index (χ2n) is 3.82. The molecular weight excluding hydrogens is 248 g/mol. The summed E-state index contributed by atoms with van der Waals surface area (Å²) in [6.07, 6.45) is 0.509. The number of benzene rings is 1. The molecule has 0 aliphatic rings. The molecule has 0 aliphatic heterocycles. The Kier molecular flexibility index (Phi) is 7.44. The van der Waals surface area contributed by atoms with Crippen LogP contribution in [-0.2, 0) is 4.79 Å². The second kappa shape index (κ2) is 8.57. The summed E-state index contributed by atoms with van der Waals surface area (Å²) < 4.78 is 0. The lowest BCUT2D eigenvalue weighted by atomic mass is 10.3. The Labute approximate surface area is 111 Å². The number of carbonyl (C=O) groups excluding carboxylic acids is 1. The summed E-state index contributed by atoms with van der Waals surface area (Å²) in [6.45, 7) is 3.70. The molecule has 0 saturated carbocycles. The van der Waals surface area contributed by atoms with E-state index in [1.807, 2.05) is 19.2 Å². The standard InChI is InChI=1S/C11H13NO2.C2H5NO2/c1-8(2)6-11(14)12-9-4-3-5-10(13)7-9;1-3-2(4)5/h3-7,13H,1-2H3,(H,12,14);3H,1H3,(H,4,5). The average molecular weight is 266 g/mol. The van der Waals surface area contributed by atoms with Crippen molar-refractivity contribution >= 4 is 17.7 Å². The van der Waals surface area contributed by atoms with Gasteiger partial charge in [0.25, 0.3) is 0 Å². The van der Waals surface area contributed by atoms with Gasteiger partial charge < -0.3 is 20.8 Å². The van der Waals surface area contributed by atoms with Crippen molar-refractivity contribution in [1.82, 2.24) is 5.32 Å². The van der Waals surface area contributed by atoms with Crippen LogP contribution in [0, 0.1) is 0 Å². The van der Waals surface area contributed by atoms with Crippen molar-refractivity contribution in [3.8, 4) is 5.75 Å². The maximum Gasteiger partial charge on any atom is 0.404 e. The van der Waals surface area contributed by atoms with Gasteiger partial charge in [0.05, 0.1) is 0 Å². The summed E-state index contributed by atoms with van der Waals surface area (Å²) in [7, 11) is 1.35. The molecular formula is C13H18N2O4. The molecule has 0 saturated heterocycles. The van der Waals surface area contributed by atoms with E-state index in [4.69, 9.17) is 10.2 Å². The predicted octanol–water partition coefficient (Wildman–Crippen LogP) is 2.18. The predicted molar refractivity (Wildman–Crippen MR) is 73.3 cm³/mol. The SMILES string of the molecule is CC(C)=CC(=O)Nc1cccc(O)c1.CNC(=O)O. The minimum Gasteiger partial charge on any atom is -0.508 e. The smallest absolute Gasteiger partial charge is 0.404 e. The number of carboxylic acid groups (broad SMARTS) is 1. The minimum atomic E-state index is -0.995. The number of amides is 2. The van der Waals surface area contributed by atoms with Gasteiger partial charge in [-0.15, -0.1) is 0 Å². The Morgan fingerprint density at radius 3 is 2.26 bits per heavy atom. The van der Waals surface area contributed by atoms with Crippen LogP contribution in [0.1, 0.15) is 13.8 Å². The largest absolute Gasteiger partial charge is 0.508 e. The van der Waals surface area contributed by atoms with Gasteiger partial charge in [-0.05, 0) is 26.0 Å². The first-order chi connectivity index (χ1) is 8.85. The highest BCUT2D eigenvalue weighted by Gasteiger charge is 1.98. The van der Waals surface area contributed by atoms with Crippen LogP contribution in [0.2, 0.25) is 0 Å². The molecule has 0 unspecified atom stereocenters. The summed E-state index contributed by atoms with van der Waals surface area (Å²) in [5, 5.41) is 21.3. The first-order valence-electron chi connectivity index (χ1n) is 5.50. The van der Waals surface area contributed by atoms with Crippen molar-refractivity contribution in [3.63, 3.8) is 0 Å². The lowest BCUT2D eigenvalue weighted by molar-refractivity contribution is -0.111. The molecule has 0 aromatic heterocycles. The normalized spacial score (nSPS) is 8.58. The molecule has 2 amide bonds. The summed E-state index contributed by atoms with van der Waals surface area (Å²) in [5.74, 6) is -0.0457. The van der Waals surface area contributed by atoms with Gasteiger partial charge in [-0.2, -0.15) is 0 Å². The third kappa shape index (κ3) is 9.22. The highest BCUT2D eigenvalue weighted by Crippen LogP contribution is 2.15. The van der Waals surface area contributed by atoms with E-state index in [1.165, 1.54) is 19.2 Å². The number of phenolic OH excluding ortho intramolecular Hbond substituents is 1. The van der Waals surface area contributed by atoms with Crippen LogP contribution in [0.3, 0.4) is 0 Å². The van der Waals surface area contributed by atoms with Crippen molar-refractivity contribution < 1.29 is 19.8 Å². The monoisotopic (exact) mass is 266 g/mol. The van der Waals surface area contributed by atoms with Crippen molar-refractivity contribution in [1.29, 1.82) is 0 Å². The van der Waals surface area contributed by atoms with Crippen LogP contribution in [0.15, 0.2) is 35.9 Å². The van der Waals surface area contributed by atoms with Crippen LogP contribution in [0.25, 0.3) is 0 Å². The molecule has 0 fully saturated rings. The summed E-state index contributed by atoms with van der Waals surface area (Å²) in [6, 6.07) is 6.44. The number of phenols is 1. The molecule has 0 bridgehead atoms. The molecule has 4 N–H and O–H groups in total. The molecule has 0 heterocycles. The highest BCUT2D eigenvalue weighted by molar-refractivity contribution is 5.99. The number of hydrogen-bond acceptors (Lipinski definition) is 3. The zero-order valence-corrected chi connectivity index (χ0v) is 11.1. The van der Waals surface area contributed by atoms with Crippen LogP contribution in [-0.4, -0.2) is 29.3 Å². The zero-order valence-electron chi connectivity index (χ0n) is 11.1. The fraction of sp³-hybridized carbons (Fsp3) is 0.231. The van der Waals surface area contributed by atoms with Crippen molar-refractivity contribution in [3.05, 3.63) is 35.9 Å². The molecule has 0 atom stereocenters. The molecule has 0 radical (unpaired) electrons. The van der Waals surface area contributed by atoms with E-state index in [0.717, 1.165) is 5.57 Å². The summed E-state index contributed by atoms with van der Waals surface area (Å²) in [4.78, 5) is 20.5. The van der Waals surface area contributed by atoms with Crippen LogP contribution >= 0.6 is 0 Å². The molecule has 1 aromatic carbocycles. The highest BCUT2D eigenvalue weighted by atomic mass is 16.4. The Hall–Kier alpha value is -2.50. The molecule has 0 spiro atoms. The third-order valence-electron chi connectivity index (χ3n) is 1.75. The van der Waals surface area contributed by atoms with Gasteiger partial charge in [-0.3, -0.25) is 4.79 Å². The third-order valence-corrected chi connectivity index (χ3v) is 1.75. The minimum absolute atomic E-state index is 0.139. The van der Waals surface area contributed by atoms with Gasteiger partial charge in [0.1, 0.15) is 5.75 Å². The van der Waals surface area contributed by atoms with E-state index in [1.54, 1.807) is 18.2 Å². The van der Waals surface area contributed by atoms with E-state index in [-0.39, 0.29) is 11.7 Å². The maximum absolute atomic E-state index is 11.3. The van der Waals surface area contributed by atoms with E-state index in [0.29, 0.717) is 5.69 Å². The fourth-order valence-electron chi connectivity index (χ4n) is 1.02. The van der Waals surface area contributed by atoms with Gasteiger partial charge in [0.2, 0.25) is 5.91 Å². The molecule has 19 heavy (non-hydrogen) atoms. The first-order valence-corrected chi connectivity index (χ1v) is 5.50. The topological polar surface area (TPSA) is 98.7 Å². The van der Waals surface area contributed by atoms with Crippen LogP contribution < -0.4 is 10.6 Å². The summed E-state index contributed by atoms with van der Waals surface area (Å²) in [5.41, 5.74) is 1.52. The zero-order chi connectivity index (χ0) is 14.8. The van der Waals surface area contributed by atoms with E-state index >= 15 is 0 Å². The van der Waals surface area contributed by atoms with Crippen molar-refractivity contribution in [2.24, 2.45) is 0 Å². The van der Waals surface area contributed by atoms with Gasteiger partial charge in [0, 0.05) is 24.9 Å². The molecule has 104 valence electrons. The van der Waals surface area contributed by atoms with Crippen molar-refractivity contribution in [2.45, 2.75) is 13.8 Å². The quantitative estimate of drug-likeness (QED) is 0.616. The Bertz CT molecular complexity index is 465. The lowest BCUT2D eigenvalue weighted by Gasteiger charge is -2.02. The first kappa shape index (κ1) is 16.5. The Balaban J connectivity index is 0.000000555. The van der Waals surface area contributed by atoms with Gasteiger partial charge in [-0.1, -0.05) is 11.6 Å². The molecule has 0 aliphatic carbocycles. The molecule has 1 aromatic rings. The maximum atomic E-state index is 11.3. The number of rotatable bonds is 2. The van der Waals surface area contributed by atoms with E-state index in [9.17, 15) is 9.59 Å². The second-order valence-corrected chi connectivity index (χ2v) is 3.82. The number of aromatic hydroxyl groups is 1. The number of nitrogens with one attached hydrogen (secondary N) is 2. The Morgan fingerprint density at radius 1 is 1.26 bits per heavy atom. The van der Waals surface area contributed by atoms with E-state index in [2.05, 4.69) is 5.32 Å². The van der Waals surface area contributed by atoms with Gasteiger partial charge >= 0.3 is 6.09 Å². The molecule has 6 nitrogen and oxygen atoms in total. The number of anilines is 1. The van der Waals surface area contributed by atoms with E-state index < -0.39 is 6.09 Å². The fourth-order valence-corrected chi connectivity index (χ4v) is 1.02.